The van der Waals surface area contributed by atoms with Crippen molar-refractivity contribution in [2.75, 3.05) is 17.2 Å². The molecule has 2 rings (SSSR count). The maximum Gasteiger partial charge on any atom is 0.338 e. The quantitative estimate of drug-likeness (QED) is 0.531. The zero-order valence-electron chi connectivity index (χ0n) is 16.7. The van der Waals surface area contributed by atoms with Crippen LogP contribution < -0.4 is 16.0 Å². The lowest BCUT2D eigenvalue weighted by Gasteiger charge is -2.15. The first-order chi connectivity index (χ1) is 14.1. The van der Waals surface area contributed by atoms with E-state index < -0.39 is 18.5 Å². The third kappa shape index (κ3) is 7.32. The van der Waals surface area contributed by atoms with Gasteiger partial charge in [0.1, 0.15) is 0 Å². The van der Waals surface area contributed by atoms with Crippen LogP contribution in [0.4, 0.5) is 11.4 Å². The molecule has 0 aromatic heterocycles. The molecule has 0 fully saturated rings. The Morgan fingerprint density at radius 3 is 1.97 bits per heavy atom. The summed E-state index contributed by atoms with van der Waals surface area (Å²) >= 11 is 3.35. The molecule has 0 heterocycles. The Hall–Kier alpha value is -3.20. The molecule has 0 aliphatic rings. The van der Waals surface area contributed by atoms with Gasteiger partial charge in [0.15, 0.2) is 6.61 Å². The molecule has 2 aromatic carbocycles. The smallest absolute Gasteiger partial charge is 0.338 e. The van der Waals surface area contributed by atoms with Crippen molar-refractivity contribution in [2.45, 2.75) is 26.8 Å². The summed E-state index contributed by atoms with van der Waals surface area (Å²) < 4.78 is 6.01. The average molecular weight is 476 g/mol. The predicted molar refractivity (Wildman–Crippen MR) is 116 cm³/mol. The van der Waals surface area contributed by atoms with E-state index in [1.54, 1.807) is 0 Å². The molecule has 0 saturated heterocycles. The second-order valence-corrected chi connectivity index (χ2v) is 7.49. The first kappa shape index (κ1) is 23.1. The van der Waals surface area contributed by atoms with Crippen molar-refractivity contribution in [3.05, 3.63) is 58.1 Å². The van der Waals surface area contributed by atoms with Gasteiger partial charge in [-0.2, -0.15) is 0 Å². The molecule has 0 aliphatic carbocycles. The molecule has 158 valence electrons. The monoisotopic (exact) mass is 475 g/mol. The van der Waals surface area contributed by atoms with Crippen LogP contribution in [0, 0.1) is 0 Å². The highest BCUT2D eigenvalue weighted by Crippen LogP contribution is 2.20. The Labute approximate surface area is 182 Å². The minimum atomic E-state index is -0.764. The van der Waals surface area contributed by atoms with E-state index in [1.807, 2.05) is 31.2 Å². The molecule has 9 heteroatoms. The van der Waals surface area contributed by atoms with Crippen LogP contribution in [0.2, 0.25) is 0 Å². The van der Waals surface area contributed by atoms with Gasteiger partial charge in [0.2, 0.25) is 11.8 Å². The molecule has 0 radical (unpaired) electrons. The largest absolute Gasteiger partial charge is 0.452 e. The normalized spacial score (nSPS) is 11.2. The summed E-state index contributed by atoms with van der Waals surface area (Å²) in [5, 5.41) is 7.84. The van der Waals surface area contributed by atoms with Gasteiger partial charge in [0, 0.05) is 29.7 Å². The molecule has 0 spiro atoms. The van der Waals surface area contributed by atoms with E-state index in [2.05, 4.69) is 31.9 Å². The molecule has 2 aromatic rings. The summed E-state index contributed by atoms with van der Waals surface area (Å²) in [5.74, 6) is -1.90. The van der Waals surface area contributed by atoms with Crippen molar-refractivity contribution in [3.8, 4) is 0 Å². The summed E-state index contributed by atoms with van der Waals surface area (Å²) in [4.78, 5) is 47.2. The van der Waals surface area contributed by atoms with Gasteiger partial charge in [-0.1, -0.05) is 28.1 Å². The van der Waals surface area contributed by atoms with Gasteiger partial charge in [-0.3, -0.25) is 14.4 Å². The number of halogens is 1. The summed E-state index contributed by atoms with van der Waals surface area (Å²) in [6, 6.07) is 11.5. The zero-order chi connectivity index (χ0) is 22.3. The van der Waals surface area contributed by atoms with E-state index in [0.717, 1.165) is 10.0 Å². The van der Waals surface area contributed by atoms with E-state index in [0.29, 0.717) is 11.4 Å². The Bertz CT molecular complexity index is 925. The Morgan fingerprint density at radius 1 is 0.933 bits per heavy atom. The number of hydrogen-bond donors (Lipinski definition) is 3. The molecule has 0 aliphatic heterocycles. The first-order valence-corrected chi connectivity index (χ1v) is 9.85. The standard InChI is InChI=1S/C21H22BrN3O5/c1-12(15-4-6-17(22)7-5-15)23-20(28)11-30-21(29)16-8-18(24-13(2)26)10-19(9-16)25-14(3)27/h4-10,12H,11H2,1-3H3,(H,23,28)(H,24,26)(H,25,27). The minimum absolute atomic E-state index is 0.0822. The summed E-state index contributed by atoms with van der Waals surface area (Å²) in [7, 11) is 0. The number of anilines is 2. The van der Waals surface area contributed by atoms with E-state index in [1.165, 1.54) is 32.0 Å². The maximum atomic E-state index is 12.4. The third-order valence-electron chi connectivity index (χ3n) is 3.89. The fourth-order valence-corrected chi connectivity index (χ4v) is 2.89. The van der Waals surface area contributed by atoms with Gasteiger partial charge in [0.25, 0.3) is 5.91 Å². The molecule has 1 atom stereocenters. The molecular formula is C21H22BrN3O5. The van der Waals surface area contributed by atoms with E-state index >= 15 is 0 Å². The molecule has 1 unspecified atom stereocenters. The molecule has 30 heavy (non-hydrogen) atoms. The van der Waals surface area contributed by atoms with Crippen molar-refractivity contribution in [1.29, 1.82) is 0 Å². The molecule has 3 amide bonds. The van der Waals surface area contributed by atoms with E-state index in [-0.39, 0.29) is 23.4 Å². The lowest BCUT2D eigenvalue weighted by atomic mass is 10.1. The van der Waals surface area contributed by atoms with Crippen LogP contribution in [0.5, 0.6) is 0 Å². The van der Waals surface area contributed by atoms with E-state index in [9.17, 15) is 19.2 Å². The highest BCUT2D eigenvalue weighted by Gasteiger charge is 2.15. The first-order valence-electron chi connectivity index (χ1n) is 9.06. The zero-order valence-corrected chi connectivity index (χ0v) is 18.3. The Morgan fingerprint density at radius 2 is 1.47 bits per heavy atom. The number of nitrogens with one attached hydrogen (secondary N) is 3. The number of esters is 1. The van der Waals surface area contributed by atoms with Crippen molar-refractivity contribution in [1.82, 2.24) is 5.32 Å². The number of ether oxygens (including phenoxy) is 1. The lowest BCUT2D eigenvalue weighted by molar-refractivity contribution is -0.125. The molecular weight excluding hydrogens is 454 g/mol. The Balaban J connectivity index is 2.01. The fourth-order valence-electron chi connectivity index (χ4n) is 2.63. The van der Waals surface area contributed by atoms with Gasteiger partial charge in [-0.25, -0.2) is 4.79 Å². The summed E-state index contributed by atoms with van der Waals surface area (Å²) in [6.07, 6.45) is 0. The van der Waals surface area contributed by atoms with Gasteiger partial charge >= 0.3 is 5.97 Å². The maximum absolute atomic E-state index is 12.4. The number of carbonyl (C=O) groups is 4. The topological polar surface area (TPSA) is 114 Å². The van der Waals surface area contributed by atoms with Crippen LogP contribution in [-0.2, 0) is 19.1 Å². The van der Waals surface area contributed by atoms with Crippen molar-refractivity contribution in [2.24, 2.45) is 0 Å². The Kier molecular flexibility index (Phi) is 8.11. The number of hydrogen-bond acceptors (Lipinski definition) is 5. The molecule has 0 saturated carbocycles. The van der Waals surface area contributed by atoms with Crippen LogP contribution in [0.25, 0.3) is 0 Å². The number of benzene rings is 2. The van der Waals surface area contributed by atoms with E-state index in [4.69, 9.17) is 4.74 Å². The third-order valence-corrected chi connectivity index (χ3v) is 4.42. The van der Waals surface area contributed by atoms with Gasteiger partial charge in [-0.05, 0) is 42.8 Å². The second-order valence-electron chi connectivity index (χ2n) is 6.58. The van der Waals surface area contributed by atoms with Gasteiger partial charge in [0.05, 0.1) is 11.6 Å². The van der Waals surface area contributed by atoms with Crippen LogP contribution in [0.15, 0.2) is 46.9 Å². The SMILES string of the molecule is CC(=O)Nc1cc(NC(C)=O)cc(C(=O)OCC(=O)NC(C)c2ccc(Br)cc2)c1. The predicted octanol–water partition coefficient (Wildman–Crippen LogP) is 3.40. The van der Waals surface area contributed by atoms with Crippen LogP contribution >= 0.6 is 15.9 Å². The fraction of sp³-hybridized carbons (Fsp3) is 0.238. The van der Waals surface area contributed by atoms with Crippen LogP contribution in [0.3, 0.4) is 0 Å². The average Bonchev–Trinajstić information content (AvgIpc) is 2.65. The number of rotatable bonds is 7. The van der Waals surface area contributed by atoms with Crippen LogP contribution in [0.1, 0.15) is 42.7 Å². The highest BCUT2D eigenvalue weighted by atomic mass is 79.9. The van der Waals surface area contributed by atoms with Crippen molar-refractivity contribution < 1.29 is 23.9 Å². The van der Waals surface area contributed by atoms with Crippen molar-refractivity contribution in [3.63, 3.8) is 0 Å². The molecule has 8 nitrogen and oxygen atoms in total. The highest BCUT2D eigenvalue weighted by molar-refractivity contribution is 9.10. The number of amides is 3. The molecule has 3 N–H and O–H groups in total. The second kappa shape index (κ2) is 10.5. The van der Waals surface area contributed by atoms with Crippen molar-refractivity contribution >= 4 is 51.0 Å². The van der Waals surface area contributed by atoms with Gasteiger partial charge in [-0.15, -0.1) is 0 Å². The minimum Gasteiger partial charge on any atom is -0.452 e. The summed E-state index contributed by atoms with van der Waals surface area (Å²) in [5.41, 5.74) is 1.61. The van der Waals surface area contributed by atoms with Gasteiger partial charge < -0.3 is 20.7 Å². The summed E-state index contributed by atoms with van der Waals surface area (Å²) in [6.45, 7) is 3.99. The molecule has 0 bridgehead atoms. The number of carbonyl (C=O) groups excluding carboxylic acids is 4. The van der Waals surface area contributed by atoms with Crippen LogP contribution in [-0.4, -0.2) is 30.3 Å². The lowest BCUT2D eigenvalue weighted by Crippen LogP contribution is -2.31.